The van der Waals surface area contributed by atoms with Gasteiger partial charge < -0.3 is 15.7 Å². The number of benzene rings is 1. The molecule has 1 aromatic rings. The molecule has 2 atom stereocenters. The predicted molar refractivity (Wildman–Crippen MR) is 77.8 cm³/mol. The summed E-state index contributed by atoms with van der Waals surface area (Å²) >= 11 is 0. The fourth-order valence-electron chi connectivity index (χ4n) is 1.95. The minimum absolute atomic E-state index is 0.105. The maximum atomic E-state index is 11.9. The average molecular weight is 290 g/mol. The zero-order chi connectivity index (χ0) is 15.6. The van der Waals surface area contributed by atoms with Gasteiger partial charge in [-0.15, -0.1) is 0 Å². The van der Waals surface area contributed by atoms with Crippen molar-refractivity contribution >= 4 is 29.2 Å². The molecule has 1 fully saturated rings. The summed E-state index contributed by atoms with van der Waals surface area (Å²) in [6, 6.07) is 6.79. The van der Waals surface area contributed by atoms with Crippen LogP contribution in [0.25, 0.3) is 0 Å². The number of rotatable bonds is 5. The van der Waals surface area contributed by atoms with Crippen molar-refractivity contribution in [1.82, 2.24) is 0 Å². The van der Waals surface area contributed by atoms with Crippen molar-refractivity contribution in [3.05, 3.63) is 24.3 Å². The molecule has 1 saturated carbocycles. The van der Waals surface area contributed by atoms with E-state index >= 15 is 0 Å². The number of amides is 2. The number of nitrogens with one attached hydrogen (secondary N) is 2. The monoisotopic (exact) mass is 290 g/mol. The van der Waals surface area contributed by atoms with Crippen LogP contribution < -0.4 is 10.6 Å². The van der Waals surface area contributed by atoms with Crippen LogP contribution in [0.5, 0.6) is 0 Å². The van der Waals surface area contributed by atoms with Crippen molar-refractivity contribution in [2.75, 3.05) is 10.6 Å². The van der Waals surface area contributed by atoms with Gasteiger partial charge in [-0.05, 0) is 24.6 Å². The summed E-state index contributed by atoms with van der Waals surface area (Å²) in [6.07, 6.45) is 0.380. The Morgan fingerprint density at radius 1 is 1.14 bits per heavy atom. The second kappa shape index (κ2) is 5.95. The van der Waals surface area contributed by atoms with Gasteiger partial charge in [-0.2, -0.15) is 0 Å². The van der Waals surface area contributed by atoms with Crippen molar-refractivity contribution < 1.29 is 19.5 Å². The van der Waals surface area contributed by atoms with Gasteiger partial charge in [-0.1, -0.05) is 19.9 Å². The van der Waals surface area contributed by atoms with Gasteiger partial charge in [-0.3, -0.25) is 14.4 Å². The van der Waals surface area contributed by atoms with Gasteiger partial charge >= 0.3 is 5.97 Å². The predicted octanol–water partition coefficient (Wildman–Crippen LogP) is 1.94. The first-order valence-electron chi connectivity index (χ1n) is 6.83. The Morgan fingerprint density at radius 3 is 2.29 bits per heavy atom. The van der Waals surface area contributed by atoms with E-state index in [9.17, 15) is 14.4 Å². The van der Waals surface area contributed by atoms with E-state index in [1.54, 1.807) is 38.1 Å². The first kappa shape index (κ1) is 15.0. The third-order valence-electron chi connectivity index (χ3n) is 3.37. The van der Waals surface area contributed by atoms with E-state index in [0.29, 0.717) is 17.8 Å². The number of aliphatic carboxylic acids is 1. The van der Waals surface area contributed by atoms with Crippen LogP contribution >= 0.6 is 0 Å². The van der Waals surface area contributed by atoms with Crippen molar-refractivity contribution in [3.63, 3.8) is 0 Å². The van der Waals surface area contributed by atoms with Gasteiger partial charge in [0, 0.05) is 17.3 Å². The second-order valence-corrected chi connectivity index (χ2v) is 5.50. The van der Waals surface area contributed by atoms with Gasteiger partial charge in [0.2, 0.25) is 11.8 Å². The van der Waals surface area contributed by atoms with Crippen molar-refractivity contribution in [3.8, 4) is 0 Å². The molecular weight excluding hydrogens is 272 g/mol. The SMILES string of the molecule is CC(C)C(=O)Nc1cccc(NC(=O)C2CC2C(=O)O)c1. The van der Waals surface area contributed by atoms with Crippen LogP contribution in [0.15, 0.2) is 24.3 Å². The number of carbonyl (C=O) groups is 3. The Morgan fingerprint density at radius 2 is 1.76 bits per heavy atom. The van der Waals surface area contributed by atoms with Crippen LogP contribution in [0.3, 0.4) is 0 Å². The summed E-state index contributed by atoms with van der Waals surface area (Å²) in [4.78, 5) is 34.2. The van der Waals surface area contributed by atoms with E-state index in [0.717, 1.165) is 0 Å². The zero-order valence-corrected chi connectivity index (χ0v) is 11.9. The van der Waals surface area contributed by atoms with Crippen LogP contribution in [0.4, 0.5) is 11.4 Å². The fourth-order valence-corrected chi connectivity index (χ4v) is 1.95. The molecule has 0 bridgehead atoms. The van der Waals surface area contributed by atoms with Crippen molar-refractivity contribution in [2.45, 2.75) is 20.3 Å². The lowest BCUT2D eigenvalue weighted by Gasteiger charge is -2.10. The molecule has 0 saturated heterocycles. The van der Waals surface area contributed by atoms with Gasteiger partial charge in [0.15, 0.2) is 0 Å². The van der Waals surface area contributed by atoms with E-state index in [4.69, 9.17) is 5.11 Å². The number of hydrogen-bond acceptors (Lipinski definition) is 3. The van der Waals surface area contributed by atoms with Gasteiger partial charge in [0.25, 0.3) is 0 Å². The quantitative estimate of drug-likeness (QED) is 0.772. The number of carbonyl (C=O) groups excluding carboxylic acids is 2. The maximum absolute atomic E-state index is 11.9. The fraction of sp³-hybridized carbons (Fsp3) is 0.400. The second-order valence-electron chi connectivity index (χ2n) is 5.50. The third kappa shape index (κ3) is 3.81. The van der Waals surface area contributed by atoms with Crippen molar-refractivity contribution in [1.29, 1.82) is 0 Å². The molecule has 0 aromatic heterocycles. The Balaban J connectivity index is 1.97. The topological polar surface area (TPSA) is 95.5 Å². The lowest BCUT2D eigenvalue weighted by atomic mass is 10.2. The number of hydrogen-bond donors (Lipinski definition) is 3. The van der Waals surface area contributed by atoms with Gasteiger partial charge in [0.05, 0.1) is 11.8 Å². The lowest BCUT2D eigenvalue weighted by molar-refractivity contribution is -0.139. The summed E-state index contributed by atoms with van der Waals surface area (Å²) in [7, 11) is 0. The molecule has 0 radical (unpaired) electrons. The average Bonchev–Trinajstić information content (AvgIpc) is 3.19. The number of carboxylic acids is 1. The summed E-state index contributed by atoms with van der Waals surface area (Å²) in [5.74, 6) is -2.51. The highest BCUT2D eigenvalue weighted by molar-refractivity contribution is 5.99. The summed E-state index contributed by atoms with van der Waals surface area (Å²) < 4.78 is 0. The molecule has 21 heavy (non-hydrogen) atoms. The Bertz CT molecular complexity index is 583. The van der Waals surface area contributed by atoms with E-state index in [2.05, 4.69) is 10.6 Å². The molecule has 1 aromatic carbocycles. The minimum atomic E-state index is -0.937. The zero-order valence-electron chi connectivity index (χ0n) is 11.9. The van der Waals surface area contributed by atoms with Crippen LogP contribution in [-0.2, 0) is 14.4 Å². The molecule has 0 heterocycles. The molecule has 1 aliphatic rings. The van der Waals surface area contributed by atoms with Gasteiger partial charge in [-0.25, -0.2) is 0 Å². The molecule has 0 aliphatic heterocycles. The van der Waals surface area contributed by atoms with E-state index in [-0.39, 0.29) is 17.7 Å². The highest BCUT2D eigenvalue weighted by Crippen LogP contribution is 2.39. The molecule has 6 heteroatoms. The molecule has 2 amide bonds. The number of carboxylic acid groups (broad SMARTS) is 1. The number of anilines is 2. The van der Waals surface area contributed by atoms with E-state index in [1.165, 1.54) is 0 Å². The molecule has 0 spiro atoms. The molecule has 1 aliphatic carbocycles. The molecule has 2 rings (SSSR count). The summed E-state index contributed by atoms with van der Waals surface area (Å²) in [5, 5.41) is 14.2. The van der Waals surface area contributed by atoms with E-state index in [1.807, 2.05) is 0 Å². The first-order valence-corrected chi connectivity index (χ1v) is 6.83. The van der Waals surface area contributed by atoms with Crippen LogP contribution in [-0.4, -0.2) is 22.9 Å². The molecule has 112 valence electrons. The molecule has 6 nitrogen and oxygen atoms in total. The standard InChI is InChI=1S/C15H18N2O4/c1-8(2)13(18)16-9-4-3-5-10(6-9)17-14(19)11-7-12(11)15(20)21/h3-6,8,11-12H,7H2,1-2H3,(H,16,18)(H,17,19)(H,20,21). The van der Waals surface area contributed by atoms with Crippen LogP contribution in [0.1, 0.15) is 20.3 Å². The van der Waals surface area contributed by atoms with Crippen LogP contribution in [0.2, 0.25) is 0 Å². The summed E-state index contributed by atoms with van der Waals surface area (Å²) in [6.45, 7) is 3.58. The molecule has 2 unspecified atom stereocenters. The Labute approximate surface area is 122 Å². The first-order chi connectivity index (χ1) is 9.88. The minimum Gasteiger partial charge on any atom is -0.481 e. The van der Waals surface area contributed by atoms with E-state index < -0.39 is 17.8 Å². The maximum Gasteiger partial charge on any atom is 0.307 e. The third-order valence-corrected chi connectivity index (χ3v) is 3.37. The summed E-state index contributed by atoms with van der Waals surface area (Å²) in [5.41, 5.74) is 1.13. The lowest BCUT2D eigenvalue weighted by Crippen LogP contribution is -2.19. The Hall–Kier alpha value is -2.37. The van der Waals surface area contributed by atoms with Gasteiger partial charge in [0.1, 0.15) is 0 Å². The van der Waals surface area contributed by atoms with Crippen LogP contribution in [0, 0.1) is 17.8 Å². The van der Waals surface area contributed by atoms with Crippen molar-refractivity contribution in [2.24, 2.45) is 17.8 Å². The highest BCUT2D eigenvalue weighted by Gasteiger charge is 2.48. The highest BCUT2D eigenvalue weighted by atomic mass is 16.4. The smallest absolute Gasteiger partial charge is 0.307 e. The Kier molecular flexibility index (Phi) is 4.26. The molecule has 3 N–H and O–H groups in total. The molecular formula is C15H18N2O4. The normalized spacial score (nSPS) is 20.0. The largest absolute Gasteiger partial charge is 0.481 e.